The molecule has 166 valence electrons. The number of esters is 1. The van der Waals surface area contributed by atoms with Crippen molar-refractivity contribution in [1.29, 1.82) is 0 Å². The molecule has 0 atom stereocenters. The summed E-state index contributed by atoms with van der Waals surface area (Å²) in [6.45, 7) is 0.0247. The Bertz CT molecular complexity index is 1060. The van der Waals surface area contributed by atoms with Crippen molar-refractivity contribution < 1.29 is 31.9 Å². The second-order valence-corrected chi connectivity index (χ2v) is 9.31. The van der Waals surface area contributed by atoms with E-state index in [1.54, 1.807) is 24.3 Å². The van der Waals surface area contributed by atoms with Crippen LogP contribution in [0.3, 0.4) is 0 Å². The van der Waals surface area contributed by atoms with Gasteiger partial charge < -0.3 is 14.4 Å². The minimum absolute atomic E-state index is 0.0623. The molecule has 2 aromatic rings. The highest BCUT2D eigenvalue weighted by Gasteiger charge is 2.29. The van der Waals surface area contributed by atoms with Crippen molar-refractivity contribution in [1.82, 2.24) is 4.90 Å². The molecule has 31 heavy (non-hydrogen) atoms. The number of anilines is 1. The third kappa shape index (κ3) is 5.32. The van der Waals surface area contributed by atoms with Crippen LogP contribution in [0.1, 0.15) is 15.9 Å². The van der Waals surface area contributed by atoms with Gasteiger partial charge in [0.05, 0.1) is 37.8 Å². The minimum Gasteiger partial charge on any atom is -0.497 e. The van der Waals surface area contributed by atoms with Crippen LogP contribution in [0.4, 0.5) is 14.9 Å². The summed E-state index contributed by atoms with van der Waals surface area (Å²) in [6, 6.07) is 10.2. The molecule has 2 amide bonds. The number of benzene rings is 2. The van der Waals surface area contributed by atoms with E-state index in [9.17, 15) is 22.4 Å². The molecule has 0 unspecified atom stereocenters. The average molecular weight is 450 g/mol. The summed E-state index contributed by atoms with van der Waals surface area (Å²) >= 11 is 0. The molecule has 8 nitrogen and oxygen atoms in total. The van der Waals surface area contributed by atoms with Gasteiger partial charge in [0, 0.05) is 24.3 Å². The van der Waals surface area contributed by atoms with Gasteiger partial charge in [-0.1, -0.05) is 6.07 Å². The van der Waals surface area contributed by atoms with E-state index < -0.39 is 27.7 Å². The first kappa shape index (κ1) is 22.5. The van der Waals surface area contributed by atoms with Crippen molar-refractivity contribution in [2.75, 3.05) is 43.7 Å². The molecule has 0 aliphatic carbocycles. The van der Waals surface area contributed by atoms with Crippen molar-refractivity contribution in [3.63, 3.8) is 0 Å². The minimum atomic E-state index is -3.16. The van der Waals surface area contributed by atoms with Crippen LogP contribution >= 0.6 is 0 Å². The number of nitrogens with zero attached hydrogens (tertiary/aromatic N) is 2. The highest BCUT2D eigenvalue weighted by atomic mass is 32.2. The van der Waals surface area contributed by atoms with E-state index in [0.29, 0.717) is 11.4 Å². The Hall–Kier alpha value is -3.14. The van der Waals surface area contributed by atoms with E-state index in [1.165, 1.54) is 36.2 Å². The number of hydrogen-bond acceptors (Lipinski definition) is 6. The first-order valence-corrected chi connectivity index (χ1v) is 11.3. The summed E-state index contributed by atoms with van der Waals surface area (Å²) in [4.78, 5) is 27.7. The zero-order valence-electron chi connectivity index (χ0n) is 17.2. The maximum Gasteiger partial charge on any atom is 0.337 e. The highest BCUT2D eigenvalue weighted by Crippen LogP contribution is 2.24. The SMILES string of the molecule is COC(=O)c1ccc(CN(C(=O)N2CCS(=O)(=O)CC2)c2ccc(OC)cc2)c(F)c1. The standard InChI is InChI=1S/C21H23FN2O6S/c1-29-18-7-5-17(6-8-18)24(21(26)23-9-11-31(27,28)12-10-23)14-16-4-3-15(13-19(16)22)20(25)30-2/h3-8,13H,9-12,14H2,1-2H3. The van der Waals surface area contributed by atoms with Gasteiger partial charge >= 0.3 is 12.0 Å². The van der Waals surface area contributed by atoms with E-state index in [1.807, 2.05) is 0 Å². The number of halogens is 1. The molecule has 0 N–H and O–H groups in total. The Morgan fingerprint density at radius 2 is 1.71 bits per heavy atom. The Labute approximate surface area is 180 Å². The fourth-order valence-electron chi connectivity index (χ4n) is 3.20. The number of ether oxygens (including phenoxy) is 2. The van der Waals surface area contributed by atoms with Crippen LogP contribution in [0.15, 0.2) is 42.5 Å². The summed E-state index contributed by atoms with van der Waals surface area (Å²) in [5, 5.41) is 0. The largest absolute Gasteiger partial charge is 0.497 e. The smallest absolute Gasteiger partial charge is 0.337 e. The van der Waals surface area contributed by atoms with Crippen molar-refractivity contribution in [3.05, 3.63) is 59.4 Å². The predicted octanol–water partition coefficient (Wildman–Crippen LogP) is 2.48. The molecule has 1 aliphatic heterocycles. The average Bonchev–Trinajstić information content (AvgIpc) is 2.77. The Morgan fingerprint density at radius 3 is 2.26 bits per heavy atom. The van der Waals surface area contributed by atoms with Crippen molar-refractivity contribution in [3.8, 4) is 5.75 Å². The van der Waals surface area contributed by atoms with Crippen LogP contribution in [-0.2, 0) is 21.1 Å². The second kappa shape index (κ2) is 9.34. The Balaban J connectivity index is 1.90. The summed E-state index contributed by atoms with van der Waals surface area (Å²) < 4.78 is 47.9. The van der Waals surface area contributed by atoms with Gasteiger partial charge in [-0.25, -0.2) is 22.4 Å². The Kier molecular flexibility index (Phi) is 6.79. The van der Waals surface area contributed by atoms with Gasteiger partial charge in [-0.2, -0.15) is 0 Å². The molecule has 2 aromatic carbocycles. The van der Waals surface area contributed by atoms with Crippen LogP contribution in [0.2, 0.25) is 0 Å². The first-order valence-electron chi connectivity index (χ1n) is 9.52. The molecule has 3 rings (SSSR count). The van der Waals surface area contributed by atoms with Crippen LogP contribution in [-0.4, -0.2) is 64.1 Å². The lowest BCUT2D eigenvalue weighted by Crippen LogP contribution is -2.49. The molecule has 0 spiro atoms. The quantitative estimate of drug-likeness (QED) is 0.650. The van der Waals surface area contributed by atoms with E-state index in [2.05, 4.69) is 4.74 Å². The number of rotatable bonds is 5. The van der Waals surface area contributed by atoms with Gasteiger partial charge in [0.1, 0.15) is 11.6 Å². The van der Waals surface area contributed by atoms with Crippen LogP contribution in [0, 0.1) is 5.82 Å². The lowest BCUT2D eigenvalue weighted by atomic mass is 10.1. The number of carbonyl (C=O) groups excluding carboxylic acids is 2. The lowest BCUT2D eigenvalue weighted by Gasteiger charge is -2.33. The molecule has 0 radical (unpaired) electrons. The first-order chi connectivity index (χ1) is 14.7. The molecule has 0 aromatic heterocycles. The zero-order chi connectivity index (χ0) is 22.6. The van der Waals surface area contributed by atoms with Gasteiger partial charge in [0.2, 0.25) is 0 Å². The normalized spacial score (nSPS) is 15.3. The van der Waals surface area contributed by atoms with Crippen molar-refractivity contribution in [2.24, 2.45) is 0 Å². The molecule has 0 bridgehead atoms. The van der Waals surface area contributed by atoms with Gasteiger partial charge in [-0.3, -0.25) is 4.90 Å². The predicted molar refractivity (Wildman–Crippen MR) is 113 cm³/mol. The third-order valence-electron chi connectivity index (χ3n) is 5.03. The lowest BCUT2D eigenvalue weighted by molar-refractivity contribution is 0.0600. The number of hydrogen-bond donors (Lipinski definition) is 0. The molecule has 1 saturated heterocycles. The van der Waals surface area contributed by atoms with Crippen LogP contribution in [0.25, 0.3) is 0 Å². The van der Waals surface area contributed by atoms with Crippen molar-refractivity contribution >= 4 is 27.5 Å². The number of urea groups is 1. The van der Waals surface area contributed by atoms with Gasteiger partial charge in [0.25, 0.3) is 0 Å². The van der Waals surface area contributed by atoms with E-state index in [0.717, 1.165) is 6.07 Å². The molecule has 1 heterocycles. The zero-order valence-corrected chi connectivity index (χ0v) is 18.0. The monoisotopic (exact) mass is 450 g/mol. The van der Waals surface area contributed by atoms with Gasteiger partial charge in [-0.05, 0) is 36.4 Å². The fraction of sp³-hybridized carbons (Fsp3) is 0.333. The topological polar surface area (TPSA) is 93.2 Å². The van der Waals surface area contributed by atoms with E-state index in [-0.39, 0.29) is 42.3 Å². The molecule has 1 fully saturated rings. The number of methoxy groups -OCH3 is 2. The second-order valence-electron chi connectivity index (χ2n) is 7.00. The van der Waals surface area contributed by atoms with Gasteiger partial charge in [-0.15, -0.1) is 0 Å². The molecule has 0 saturated carbocycles. The number of sulfone groups is 1. The van der Waals surface area contributed by atoms with Crippen LogP contribution in [0.5, 0.6) is 5.75 Å². The van der Waals surface area contributed by atoms with E-state index >= 15 is 0 Å². The number of carbonyl (C=O) groups is 2. The summed E-state index contributed by atoms with van der Waals surface area (Å²) in [5.41, 5.74) is 0.754. The summed E-state index contributed by atoms with van der Waals surface area (Å²) in [5.74, 6) is -0.957. The highest BCUT2D eigenvalue weighted by molar-refractivity contribution is 7.91. The van der Waals surface area contributed by atoms with Gasteiger partial charge in [0.15, 0.2) is 9.84 Å². The number of amides is 2. The van der Waals surface area contributed by atoms with Crippen molar-refractivity contribution in [2.45, 2.75) is 6.54 Å². The van der Waals surface area contributed by atoms with Crippen LogP contribution < -0.4 is 9.64 Å². The molecule has 1 aliphatic rings. The maximum atomic E-state index is 14.7. The molecular weight excluding hydrogens is 427 g/mol. The summed E-state index contributed by atoms with van der Waals surface area (Å²) in [7, 11) is -0.439. The third-order valence-corrected chi connectivity index (χ3v) is 6.64. The maximum absolute atomic E-state index is 14.7. The Morgan fingerprint density at radius 1 is 1.06 bits per heavy atom. The van der Waals surface area contributed by atoms with E-state index in [4.69, 9.17) is 4.74 Å². The molecular formula is C21H23FN2O6S. The summed E-state index contributed by atoms with van der Waals surface area (Å²) in [6.07, 6.45) is 0. The fourth-order valence-corrected chi connectivity index (χ4v) is 4.40. The molecule has 10 heteroatoms.